The van der Waals surface area contributed by atoms with E-state index in [1.54, 1.807) is 18.3 Å². The van der Waals surface area contributed by atoms with Crippen molar-refractivity contribution in [3.8, 4) is 11.3 Å². The molecule has 1 aromatic heterocycles. The highest BCUT2D eigenvalue weighted by Crippen LogP contribution is 2.22. The van der Waals surface area contributed by atoms with Gasteiger partial charge in [0, 0.05) is 11.6 Å². The quantitative estimate of drug-likeness (QED) is 0.901. The molecule has 0 spiro atoms. The van der Waals surface area contributed by atoms with Crippen LogP contribution in [0.1, 0.15) is 19.3 Å². The molecule has 1 saturated carbocycles. The zero-order valence-electron chi connectivity index (χ0n) is 9.81. The summed E-state index contributed by atoms with van der Waals surface area (Å²) < 4.78 is 13.1. The zero-order chi connectivity index (χ0) is 12.4. The number of rotatable bonds is 3. The molecule has 1 aliphatic rings. The second-order valence-corrected chi connectivity index (χ2v) is 4.45. The van der Waals surface area contributed by atoms with Crippen molar-refractivity contribution < 1.29 is 4.39 Å². The SMILES string of the molecule is Fc1cccc(-c2cnnc(NC3CCC3)n2)c1. The Hall–Kier alpha value is -2.04. The standard InChI is InChI=1S/C13H13FN4/c14-10-4-1-3-9(7-10)12-8-15-18-13(17-12)16-11-5-2-6-11/h1,3-4,7-8,11H,2,5-6H2,(H,16,17,18). The zero-order valence-corrected chi connectivity index (χ0v) is 9.81. The van der Waals surface area contributed by atoms with Crippen LogP contribution in [0.2, 0.25) is 0 Å². The second kappa shape index (κ2) is 4.68. The number of halogens is 1. The molecule has 0 unspecified atom stereocenters. The highest BCUT2D eigenvalue weighted by Gasteiger charge is 2.18. The molecule has 0 saturated heterocycles. The third-order valence-corrected chi connectivity index (χ3v) is 3.12. The van der Waals surface area contributed by atoms with Crippen molar-refractivity contribution in [3.05, 3.63) is 36.3 Å². The van der Waals surface area contributed by atoms with E-state index >= 15 is 0 Å². The lowest BCUT2D eigenvalue weighted by Crippen LogP contribution is -2.28. The number of benzene rings is 1. The van der Waals surface area contributed by atoms with Gasteiger partial charge in [-0.2, -0.15) is 5.10 Å². The third-order valence-electron chi connectivity index (χ3n) is 3.12. The molecule has 1 fully saturated rings. The molecule has 1 aliphatic carbocycles. The van der Waals surface area contributed by atoms with Gasteiger partial charge in [-0.3, -0.25) is 0 Å². The maximum Gasteiger partial charge on any atom is 0.243 e. The van der Waals surface area contributed by atoms with Gasteiger partial charge in [0.25, 0.3) is 0 Å². The maximum atomic E-state index is 13.1. The van der Waals surface area contributed by atoms with E-state index in [-0.39, 0.29) is 5.82 Å². The molecule has 0 radical (unpaired) electrons. The number of hydrogen-bond donors (Lipinski definition) is 1. The highest BCUT2D eigenvalue weighted by atomic mass is 19.1. The molecule has 92 valence electrons. The van der Waals surface area contributed by atoms with Crippen molar-refractivity contribution in [2.45, 2.75) is 25.3 Å². The van der Waals surface area contributed by atoms with Crippen LogP contribution in [-0.4, -0.2) is 21.2 Å². The van der Waals surface area contributed by atoms with Crippen LogP contribution in [0.4, 0.5) is 10.3 Å². The lowest BCUT2D eigenvalue weighted by molar-refractivity contribution is 0.442. The summed E-state index contributed by atoms with van der Waals surface area (Å²) in [5, 5.41) is 11.1. The van der Waals surface area contributed by atoms with E-state index in [4.69, 9.17) is 0 Å². The first kappa shape index (κ1) is 11.1. The lowest BCUT2D eigenvalue weighted by atomic mass is 9.93. The van der Waals surface area contributed by atoms with Crippen molar-refractivity contribution in [1.29, 1.82) is 0 Å². The van der Waals surface area contributed by atoms with E-state index in [1.165, 1.54) is 18.6 Å². The van der Waals surface area contributed by atoms with Crippen molar-refractivity contribution in [2.75, 3.05) is 5.32 Å². The van der Waals surface area contributed by atoms with Crippen molar-refractivity contribution >= 4 is 5.95 Å². The first-order valence-electron chi connectivity index (χ1n) is 6.03. The van der Waals surface area contributed by atoms with Gasteiger partial charge in [-0.25, -0.2) is 9.37 Å². The molecule has 18 heavy (non-hydrogen) atoms. The van der Waals surface area contributed by atoms with Crippen molar-refractivity contribution in [2.24, 2.45) is 0 Å². The molecule has 0 amide bonds. The topological polar surface area (TPSA) is 50.7 Å². The summed E-state index contributed by atoms with van der Waals surface area (Å²) in [7, 11) is 0. The molecule has 2 aromatic rings. The minimum atomic E-state index is -0.278. The molecule has 5 heteroatoms. The fourth-order valence-corrected chi connectivity index (χ4v) is 1.89. The molecule has 1 N–H and O–H groups in total. The van der Waals surface area contributed by atoms with Crippen molar-refractivity contribution in [3.63, 3.8) is 0 Å². The smallest absolute Gasteiger partial charge is 0.243 e. The average Bonchev–Trinajstić information content (AvgIpc) is 2.34. The van der Waals surface area contributed by atoms with Crippen LogP contribution in [0, 0.1) is 5.82 Å². The Morgan fingerprint density at radius 3 is 2.89 bits per heavy atom. The molecule has 4 nitrogen and oxygen atoms in total. The fourth-order valence-electron chi connectivity index (χ4n) is 1.89. The highest BCUT2D eigenvalue weighted by molar-refractivity contribution is 5.58. The first-order chi connectivity index (χ1) is 8.81. The van der Waals surface area contributed by atoms with Gasteiger partial charge in [-0.15, -0.1) is 5.10 Å². The van der Waals surface area contributed by atoms with E-state index in [1.807, 2.05) is 0 Å². The van der Waals surface area contributed by atoms with Gasteiger partial charge < -0.3 is 5.32 Å². The monoisotopic (exact) mass is 244 g/mol. The van der Waals surface area contributed by atoms with Crippen LogP contribution < -0.4 is 5.32 Å². The third kappa shape index (κ3) is 2.30. The number of nitrogens with one attached hydrogen (secondary N) is 1. The van der Waals surface area contributed by atoms with Gasteiger partial charge in [-0.1, -0.05) is 12.1 Å². The van der Waals surface area contributed by atoms with Gasteiger partial charge in [0.2, 0.25) is 5.95 Å². The van der Waals surface area contributed by atoms with Gasteiger partial charge >= 0.3 is 0 Å². The molecule has 0 aliphatic heterocycles. The number of nitrogens with zero attached hydrogens (tertiary/aromatic N) is 3. The van der Waals surface area contributed by atoms with Gasteiger partial charge in [-0.05, 0) is 31.4 Å². The molecular formula is C13H13FN4. The van der Waals surface area contributed by atoms with Gasteiger partial charge in [0.1, 0.15) is 5.82 Å². The molecular weight excluding hydrogens is 231 g/mol. The molecule has 1 heterocycles. The summed E-state index contributed by atoms with van der Waals surface area (Å²) >= 11 is 0. The Labute approximate surface area is 104 Å². The normalized spacial score (nSPS) is 15.2. The Morgan fingerprint density at radius 1 is 1.28 bits per heavy atom. The largest absolute Gasteiger partial charge is 0.350 e. The summed E-state index contributed by atoms with van der Waals surface area (Å²) in [6.07, 6.45) is 5.08. The minimum Gasteiger partial charge on any atom is -0.350 e. The van der Waals surface area contributed by atoms with Crippen LogP contribution >= 0.6 is 0 Å². The number of hydrogen-bond acceptors (Lipinski definition) is 4. The van der Waals surface area contributed by atoms with E-state index in [0.29, 0.717) is 23.2 Å². The summed E-state index contributed by atoms with van der Waals surface area (Å²) in [6, 6.07) is 6.77. The van der Waals surface area contributed by atoms with E-state index in [2.05, 4.69) is 20.5 Å². The number of anilines is 1. The van der Waals surface area contributed by atoms with Crippen LogP contribution in [-0.2, 0) is 0 Å². The minimum absolute atomic E-state index is 0.278. The molecule has 1 aromatic carbocycles. The van der Waals surface area contributed by atoms with E-state index in [0.717, 1.165) is 12.8 Å². The predicted octanol–water partition coefficient (Wildman–Crippen LogP) is 2.64. The fraction of sp³-hybridized carbons (Fsp3) is 0.308. The summed E-state index contributed by atoms with van der Waals surface area (Å²) in [5.74, 6) is 0.237. The molecule has 0 bridgehead atoms. The molecule has 0 atom stereocenters. The summed E-state index contributed by atoms with van der Waals surface area (Å²) in [5.41, 5.74) is 1.34. The Morgan fingerprint density at radius 2 is 2.17 bits per heavy atom. The Balaban J connectivity index is 1.85. The van der Waals surface area contributed by atoms with Crippen LogP contribution in [0.15, 0.2) is 30.5 Å². The van der Waals surface area contributed by atoms with Gasteiger partial charge in [0.15, 0.2) is 0 Å². The van der Waals surface area contributed by atoms with Crippen LogP contribution in [0.3, 0.4) is 0 Å². The maximum absolute atomic E-state index is 13.1. The number of aromatic nitrogens is 3. The second-order valence-electron chi connectivity index (χ2n) is 4.45. The average molecular weight is 244 g/mol. The lowest BCUT2D eigenvalue weighted by Gasteiger charge is -2.26. The predicted molar refractivity (Wildman–Crippen MR) is 66.5 cm³/mol. The summed E-state index contributed by atoms with van der Waals surface area (Å²) in [6.45, 7) is 0. The first-order valence-corrected chi connectivity index (χ1v) is 6.03. The van der Waals surface area contributed by atoms with Crippen LogP contribution in [0.25, 0.3) is 11.3 Å². The van der Waals surface area contributed by atoms with E-state index < -0.39 is 0 Å². The molecule has 3 rings (SSSR count). The van der Waals surface area contributed by atoms with Crippen LogP contribution in [0.5, 0.6) is 0 Å². The van der Waals surface area contributed by atoms with E-state index in [9.17, 15) is 4.39 Å². The van der Waals surface area contributed by atoms with Crippen molar-refractivity contribution in [1.82, 2.24) is 15.2 Å². The summed E-state index contributed by atoms with van der Waals surface area (Å²) in [4.78, 5) is 4.35. The Bertz CT molecular complexity index is 554. The van der Waals surface area contributed by atoms with Gasteiger partial charge in [0.05, 0.1) is 11.9 Å². The Kier molecular flexibility index (Phi) is 2.88.